The zero-order valence-corrected chi connectivity index (χ0v) is 8.32. The summed E-state index contributed by atoms with van der Waals surface area (Å²) in [5.74, 6) is -0.558. The number of ether oxygens (including phenoxy) is 2. The van der Waals surface area contributed by atoms with Crippen LogP contribution in [-0.4, -0.2) is 13.5 Å². The Morgan fingerprint density at radius 2 is 1.80 bits per heavy atom. The minimum atomic E-state index is -4.82. The average molecular weight is 242 g/mol. The van der Waals surface area contributed by atoms with Gasteiger partial charge in [-0.1, -0.05) is 11.6 Å². The first-order chi connectivity index (χ1) is 6.83. The van der Waals surface area contributed by atoms with Gasteiger partial charge < -0.3 is 15.2 Å². The Labute approximate surface area is 88.5 Å². The van der Waals surface area contributed by atoms with Gasteiger partial charge in [0.15, 0.2) is 5.75 Å². The maximum Gasteiger partial charge on any atom is 0.573 e. The molecule has 0 heterocycles. The van der Waals surface area contributed by atoms with Gasteiger partial charge in [0.2, 0.25) is 0 Å². The smallest absolute Gasteiger partial charge is 0.495 e. The van der Waals surface area contributed by atoms with Crippen molar-refractivity contribution in [3.63, 3.8) is 0 Å². The Bertz CT molecular complexity index is 368. The van der Waals surface area contributed by atoms with E-state index in [0.717, 1.165) is 6.07 Å². The molecule has 0 aliphatic rings. The van der Waals surface area contributed by atoms with Crippen LogP contribution >= 0.6 is 11.6 Å². The minimum absolute atomic E-state index is 0.0240. The lowest BCUT2D eigenvalue weighted by molar-refractivity contribution is -0.274. The van der Waals surface area contributed by atoms with E-state index < -0.39 is 12.1 Å². The summed E-state index contributed by atoms with van der Waals surface area (Å²) in [7, 11) is 1.26. The molecule has 3 nitrogen and oxygen atoms in total. The van der Waals surface area contributed by atoms with Crippen molar-refractivity contribution in [3.8, 4) is 11.5 Å². The maximum atomic E-state index is 11.9. The second kappa shape index (κ2) is 4.06. The molecule has 2 N–H and O–H groups in total. The van der Waals surface area contributed by atoms with Crippen molar-refractivity contribution in [1.82, 2.24) is 0 Å². The lowest BCUT2D eigenvalue weighted by Gasteiger charge is -2.13. The van der Waals surface area contributed by atoms with E-state index in [1.807, 2.05) is 0 Å². The van der Waals surface area contributed by atoms with Gasteiger partial charge in [-0.15, -0.1) is 13.2 Å². The fraction of sp³-hybridized carbons (Fsp3) is 0.250. The van der Waals surface area contributed by atoms with Gasteiger partial charge in [0.1, 0.15) is 10.8 Å². The Morgan fingerprint density at radius 1 is 1.27 bits per heavy atom. The first kappa shape index (κ1) is 11.8. The molecule has 0 aliphatic heterocycles. The molecule has 0 aromatic heterocycles. The zero-order valence-electron chi connectivity index (χ0n) is 7.56. The largest absolute Gasteiger partial charge is 0.573 e. The summed E-state index contributed by atoms with van der Waals surface area (Å²) < 4.78 is 44.2. The lowest BCUT2D eigenvalue weighted by atomic mass is 10.3. The summed E-state index contributed by atoms with van der Waals surface area (Å²) in [4.78, 5) is 0. The number of anilines is 1. The number of methoxy groups -OCH3 is 1. The molecule has 1 rings (SSSR count). The fourth-order valence-corrected chi connectivity index (χ4v) is 1.16. The Morgan fingerprint density at radius 3 is 2.27 bits per heavy atom. The van der Waals surface area contributed by atoms with E-state index in [1.54, 1.807) is 0 Å². The third-order valence-electron chi connectivity index (χ3n) is 1.47. The Kier molecular flexibility index (Phi) is 3.18. The number of rotatable bonds is 2. The van der Waals surface area contributed by atoms with Gasteiger partial charge in [0.05, 0.1) is 7.11 Å². The van der Waals surface area contributed by atoms with E-state index in [2.05, 4.69) is 4.74 Å². The van der Waals surface area contributed by atoms with Crippen molar-refractivity contribution in [3.05, 3.63) is 17.2 Å². The van der Waals surface area contributed by atoms with Gasteiger partial charge in [-0.05, 0) is 0 Å². The van der Waals surface area contributed by atoms with Gasteiger partial charge in [-0.3, -0.25) is 0 Å². The molecule has 1 aromatic rings. The molecule has 0 spiro atoms. The molecule has 0 fully saturated rings. The van der Waals surface area contributed by atoms with Crippen molar-refractivity contribution >= 4 is 17.3 Å². The van der Waals surface area contributed by atoms with Crippen LogP contribution in [-0.2, 0) is 0 Å². The fourth-order valence-electron chi connectivity index (χ4n) is 0.940. The molecule has 0 unspecified atom stereocenters. The maximum absolute atomic E-state index is 11.9. The molecule has 0 aliphatic carbocycles. The number of hydrogen-bond acceptors (Lipinski definition) is 3. The van der Waals surface area contributed by atoms with Gasteiger partial charge in [0.25, 0.3) is 0 Å². The molecule has 0 saturated carbocycles. The monoisotopic (exact) mass is 241 g/mol. The van der Waals surface area contributed by atoms with Gasteiger partial charge >= 0.3 is 6.36 Å². The van der Waals surface area contributed by atoms with E-state index in [-0.39, 0.29) is 16.5 Å². The summed E-state index contributed by atoms with van der Waals surface area (Å²) in [5, 5.41) is -0.274. The molecule has 0 amide bonds. The molecule has 0 radical (unpaired) electrons. The first-order valence-corrected chi connectivity index (χ1v) is 4.10. The molecule has 1 aromatic carbocycles. The third kappa shape index (κ3) is 3.09. The van der Waals surface area contributed by atoms with Crippen molar-refractivity contribution in [2.45, 2.75) is 6.36 Å². The normalized spacial score (nSPS) is 11.3. The van der Waals surface area contributed by atoms with Crippen molar-refractivity contribution < 1.29 is 22.6 Å². The third-order valence-corrected chi connectivity index (χ3v) is 1.85. The van der Waals surface area contributed by atoms with E-state index in [9.17, 15) is 13.2 Å². The highest BCUT2D eigenvalue weighted by Crippen LogP contribution is 2.38. The number of benzene rings is 1. The summed E-state index contributed by atoms with van der Waals surface area (Å²) in [6.45, 7) is 0. The van der Waals surface area contributed by atoms with Crippen LogP contribution in [0.5, 0.6) is 11.5 Å². The molecule has 7 heteroatoms. The minimum Gasteiger partial charge on any atom is -0.495 e. The van der Waals surface area contributed by atoms with Crippen LogP contribution < -0.4 is 15.2 Å². The van der Waals surface area contributed by atoms with Gasteiger partial charge in [0, 0.05) is 17.8 Å². The summed E-state index contributed by atoms with van der Waals surface area (Å²) in [6.07, 6.45) is -4.82. The van der Waals surface area contributed by atoms with Crippen LogP contribution in [0.1, 0.15) is 0 Å². The van der Waals surface area contributed by atoms with Crippen molar-refractivity contribution in [1.29, 1.82) is 0 Å². The zero-order chi connectivity index (χ0) is 11.6. The van der Waals surface area contributed by atoms with E-state index >= 15 is 0 Å². The van der Waals surface area contributed by atoms with Crippen LogP contribution in [0.3, 0.4) is 0 Å². The lowest BCUT2D eigenvalue weighted by Crippen LogP contribution is -2.17. The number of alkyl halides is 3. The standard InChI is InChI=1S/C8H7ClF3NO2/c1-14-5-2-4(13)3-6(7(5)9)15-8(10,11)12/h2-3H,13H2,1H3. The quantitative estimate of drug-likeness (QED) is 0.810. The van der Waals surface area contributed by atoms with Crippen LogP contribution in [0, 0.1) is 0 Å². The molecule has 0 bridgehead atoms. The first-order valence-electron chi connectivity index (χ1n) is 3.72. The van der Waals surface area contributed by atoms with Gasteiger partial charge in [-0.25, -0.2) is 0 Å². The number of nitrogens with two attached hydrogens (primary N) is 1. The summed E-state index contributed by atoms with van der Waals surface area (Å²) in [5.41, 5.74) is 5.40. The second-order valence-corrected chi connectivity index (χ2v) is 2.96. The second-order valence-electron chi connectivity index (χ2n) is 2.58. The van der Waals surface area contributed by atoms with Crippen LogP contribution in [0.25, 0.3) is 0 Å². The molecule has 84 valence electrons. The topological polar surface area (TPSA) is 44.5 Å². The summed E-state index contributed by atoms with van der Waals surface area (Å²) >= 11 is 5.58. The Hall–Kier alpha value is -1.30. The number of halogens is 4. The van der Waals surface area contributed by atoms with Crippen molar-refractivity contribution in [2.24, 2.45) is 0 Å². The van der Waals surface area contributed by atoms with Crippen LogP contribution in [0.2, 0.25) is 5.02 Å². The summed E-state index contributed by atoms with van der Waals surface area (Å²) in [6, 6.07) is 2.27. The van der Waals surface area contributed by atoms with Crippen LogP contribution in [0.15, 0.2) is 12.1 Å². The average Bonchev–Trinajstić information content (AvgIpc) is 2.08. The Balaban J connectivity index is 3.12. The SMILES string of the molecule is COc1cc(N)cc(OC(F)(F)F)c1Cl. The highest BCUT2D eigenvalue weighted by Gasteiger charge is 2.32. The molecular formula is C8H7ClF3NO2. The molecule has 15 heavy (non-hydrogen) atoms. The van der Waals surface area contributed by atoms with E-state index in [0.29, 0.717) is 0 Å². The predicted octanol–water partition coefficient (Wildman–Crippen LogP) is 2.83. The molecule has 0 atom stereocenters. The highest BCUT2D eigenvalue weighted by molar-refractivity contribution is 6.33. The van der Waals surface area contributed by atoms with Crippen molar-refractivity contribution in [2.75, 3.05) is 12.8 Å². The molecule has 0 saturated heterocycles. The van der Waals surface area contributed by atoms with Gasteiger partial charge in [-0.2, -0.15) is 0 Å². The van der Waals surface area contributed by atoms with E-state index in [1.165, 1.54) is 13.2 Å². The number of nitrogen functional groups attached to an aromatic ring is 1. The molecular weight excluding hydrogens is 235 g/mol. The van der Waals surface area contributed by atoms with Crippen LogP contribution in [0.4, 0.5) is 18.9 Å². The highest BCUT2D eigenvalue weighted by atomic mass is 35.5. The number of hydrogen-bond donors (Lipinski definition) is 1. The van der Waals surface area contributed by atoms with E-state index in [4.69, 9.17) is 22.1 Å². The predicted molar refractivity (Wildman–Crippen MR) is 49.1 cm³/mol.